The molecule has 0 radical (unpaired) electrons. The van der Waals surface area contributed by atoms with Gasteiger partial charge in [0.1, 0.15) is 35.5 Å². The topological polar surface area (TPSA) is 135 Å². The average Bonchev–Trinajstić information content (AvgIpc) is 3.84. The second kappa shape index (κ2) is 12.6. The molecule has 0 aliphatic carbocycles. The number of thiophene rings is 1. The third kappa shape index (κ3) is 5.32. The Morgan fingerprint density at radius 1 is 1.27 bits per heavy atom. The molecule has 1 amide bonds. The van der Waals surface area contributed by atoms with Crippen LogP contribution in [0.25, 0.3) is 32.1 Å². The Kier molecular flexibility index (Phi) is 8.37. The highest BCUT2D eigenvalue weighted by molar-refractivity contribution is 7.23. The Balaban J connectivity index is 1.39. The molecule has 3 fully saturated rings. The van der Waals surface area contributed by atoms with Crippen molar-refractivity contribution < 1.29 is 18.3 Å². The largest absolute Gasteiger partial charge is 0.461 e. The van der Waals surface area contributed by atoms with Crippen LogP contribution in [0.4, 0.5) is 19.6 Å². The number of hydrogen-bond donors (Lipinski definition) is 1. The Morgan fingerprint density at radius 2 is 2.08 bits per heavy atom. The molecule has 0 bridgehead atoms. The van der Waals surface area contributed by atoms with Gasteiger partial charge in [-0.25, -0.2) is 8.78 Å². The third-order valence-corrected chi connectivity index (χ3v) is 11.6. The van der Waals surface area contributed by atoms with Gasteiger partial charge in [0.2, 0.25) is 5.91 Å². The van der Waals surface area contributed by atoms with Crippen LogP contribution < -0.4 is 15.4 Å². The molecule has 0 unspecified atom stereocenters. The van der Waals surface area contributed by atoms with Gasteiger partial charge in [0, 0.05) is 48.4 Å². The van der Waals surface area contributed by atoms with Crippen LogP contribution in [0.1, 0.15) is 50.7 Å². The van der Waals surface area contributed by atoms with Gasteiger partial charge in [0.05, 0.1) is 39.0 Å². The Morgan fingerprint density at radius 3 is 2.82 bits per heavy atom. The highest BCUT2D eigenvalue weighted by Gasteiger charge is 2.49. The molecule has 252 valence electrons. The van der Waals surface area contributed by atoms with Gasteiger partial charge in [-0.2, -0.15) is 20.5 Å². The summed E-state index contributed by atoms with van der Waals surface area (Å²) in [5.41, 5.74) is 7.57. The van der Waals surface area contributed by atoms with Gasteiger partial charge in [-0.1, -0.05) is 12.6 Å². The van der Waals surface area contributed by atoms with Gasteiger partial charge < -0.3 is 20.3 Å². The van der Waals surface area contributed by atoms with Gasteiger partial charge >= 0.3 is 6.01 Å². The molecule has 3 aliphatic heterocycles. The predicted octanol–water partition coefficient (Wildman–Crippen LogP) is 5.93. The SMILES string of the molecule is C=CC(=O)N1CC[C@@H](N(CC)c2nc(OC[C@@]34CCCN3C[C@H](F)C4)nc3cc(-c4ccc(F)c5sc(N)c(C#N)c45)c(C#N)cc23)[C@@H]1C. The molecule has 5 heterocycles. The second-order valence-corrected chi connectivity index (χ2v) is 14.1. The van der Waals surface area contributed by atoms with Crippen LogP contribution in [0.2, 0.25) is 0 Å². The molecule has 0 spiro atoms. The van der Waals surface area contributed by atoms with Crippen molar-refractivity contribution in [1.29, 1.82) is 10.5 Å². The van der Waals surface area contributed by atoms with E-state index < -0.39 is 17.5 Å². The first-order valence-electron chi connectivity index (χ1n) is 16.5. The standard InChI is InChI=1S/C36H36F2N8O2S/c1-4-30(47)46-12-9-29(20(46)3)45(5-2)34-25-13-21(16-39)24(23-7-8-27(38)32-31(23)26(17-40)33(41)49-32)14-28(25)42-35(43-34)48-19-36-10-6-11-44(36)18-22(37)15-36/h4,7-8,13-14,20,22,29H,1,5-6,9-12,15,18-19,41H2,2-3H3/t20-,22+,29+,36-/m0/s1. The minimum atomic E-state index is -0.915. The number of nitrogens with zero attached hydrogens (tertiary/aromatic N) is 7. The van der Waals surface area contributed by atoms with E-state index in [1.54, 1.807) is 23.1 Å². The maximum atomic E-state index is 15.0. The number of ether oxygens (including phenoxy) is 1. The lowest BCUT2D eigenvalue weighted by Gasteiger charge is -2.34. The number of halogens is 2. The number of nitriles is 2. The van der Waals surface area contributed by atoms with Gasteiger partial charge in [-0.15, -0.1) is 11.3 Å². The van der Waals surface area contributed by atoms with Crippen molar-refractivity contribution >= 4 is 49.1 Å². The van der Waals surface area contributed by atoms with Gasteiger partial charge in [0.15, 0.2) is 0 Å². The van der Waals surface area contributed by atoms with Crippen molar-refractivity contribution in [3.63, 3.8) is 0 Å². The number of carbonyl (C=O) groups excluding carboxylic acids is 1. The van der Waals surface area contributed by atoms with Crippen LogP contribution in [0.15, 0.2) is 36.9 Å². The van der Waals surface area contributed by atoms with Crippen LogP contribution in [-0.4, -0.2) is 82.3 Å². The van der Waals surface area contributed by atoms with Crippen molar-refractivity contribution in [2.45, 2.75) is 63.3 Å². The molecule has 2 aromatic carbocycles. The van der Waals surface area contributed by atoms with Crippen LogP contribution in [-0.2, 0) is 4.79 Å². The van der Waals surface area contributed by atoms with Crippen molar-refractivity contribution in [2.24, 2.45) is 0 Å². The predicted molar refractivity (Wildman–Crippen MR) is 186 cm³/mol. The summed E-state index contributed by atoms with van der Waals surface area (Å²) < 4.78 is 36.2. The van der Waals surface area contributed by atoms with E-state index in [1.807, 2.05) is 13.8 Å². The lowest BCUT2D eigenvalue weighted by molar-refractivity contribution is -0.126. The molecule has 3 aliphatic rings. The summed E-state index contributed by atoms with van der Waals surface area (Å²) in [6.45, 7) is 10.2. The summed E-state index contributed by atoms with van der Waals surface area (Å²) in [6.07, 6.45) is 3.28. The van der Waals surface area contributed by atoms with E-state index in [-0.39, 0.29) is 51.4 Å². The number of benzene rings is 2. The first-order valence-corrected chi connectivity index (χ1v) is 17.3. The summed E-state index contributed by atoms with van der Waals surface area (Å²) in [4.78, 5) is 28.5. The molecular formula is C36H36F2N8O2S. The number of anilines is 2. The number of amides is 1. The normalized spacial score (nSPS) is 23.5. The molecule has 0 saturated carbocycles. The summed E-state index contributed by atoms with van der Waals surface area (Å²) in [7, 11) is 0. The number of nitrogen functional groups attached to an aromatic ring is 1. The fourth-order valence-electron chi connectivity index (χ4n) is 8.22. The monoisotopic (exact) mass is 682 g/mol. The van der Waals surface area contributed by atoms with E-state index in [0.29, 0.717) is 65.7 Å². The number of alkyl halides is 1. The summed E-state index contributed by atoms with van der Waals surface area (Å²) in [5, 5.41) is 21.5. The van der Waals surface area contributed by atoms with E-state index in [4.69, 9.17) is 20.4 Å². The van der Waals surface area contributed by atoms with Gasteiger partial charge in [-0.05, 0) is 69.5 Å². The maximum absolute atomic E-state index is 15.0. The summed E-state index contributed by atoms with van der Waals surface area (Å²) in [6, 6.07) is 10.6. The molecule has 13 heteroatoms. The highest BCUT2D eigenvalue weighted by Crippen LogP contribution is 2.44. The number of likely N-dealkylation sites (N-methyl/N-ethyl adjacent to an activating group) is 1. The van der Waals surface area contributed by atoms with Crippen molar-refractivity contribution in [1.82, 2.24) is 19.8 Å². The maximum Gasteiger partial charge on any atom is 0.319 e. The van der Waals surface area contributed by atoms with E-state index in [2.05, 4.69) is 28.5 Å². The van der Waals surface area contributed by atoms with E-state index in [0.717, 1.165) is 30.7 Å². The molecule has 3 saturated heterocycles. The first kappa shape index (κ1) is 32.7. The summed E-state index contributed by atoms with van der Waals surface area (Å²) in [5.74, 6) is -0.0984. The first-order chi connectivity index (χ1) is 23.6. The number of likely N-dealkylation sites (tertiary alicyclic amines) is 1. The number of hydrogen-bond acceptors (Lipinski definition) is 10. The average molecular weight is 683 g/mol. The second-order valence-electron chi connectivity index (χ2n) is 13.1. The van der Waals surface area contributed by atoms with Gasteiger partial charge in [-0.3, -0.25) is 9.69 Å². The fraction of sp³-hybridized carbons (Fsp3) is 0.417. The van der Waals surface area contributed by atoms with Crippen LogP contribution >= 0.6 is 11.3 Å². The Hall–Kier alpha value is -4.85. The molecule has 2 N–H and O–H groups in total. The zero-order chi connectivity index (χ0) is 34.6. The molecule has 7 rings (SSSR count). The van der Waals surface area contributed by atoms with Crippen LogP contribution in [0.5, 0.6) is 6.01 Å². The number of rotatable bonds is 8. The molecule has 2 aromatic heterocycles. The minimum Gasteiger partial charge on any atom is -0.461 e. The molecule has 4 atom stereocenters. The Labute approximate surface area is 287 Å². The van der Waals surface area contributed by atoms with Gasteiger partial charge in [0.25, 0.3) is 0 Å². The summed E-state index contributed by atoms with van der Waals surface area (Å²) >= 11 is 0.992. The van der Waals surface area contributed by atoms with Crippen molar-refractivity contribution in [3.05, 3.63) is 53.9 Å². The molecular weight excluding hydrogens is 647 g/mol. The number of nitrogens with two attached hydrogens (primary N) is 1. The van der Waals surface area contributed by atoms with Crippen LogP contribution in [0, 0.1) is 28.5 Å². The molecule has 49 heavy (non-hydrogen) atoms. The third-order valence-electron chi connectivity index (χ3n) is 10.6. The number of aromatic nitrogens is 2. The lowest BCUT2D eigenvalue weighted by atomic mass is 9.94. The lowest BCUT2D eigenvalue weighted by Crippen LogP contribution is -2.45. The van der Waals surface area contributed by atoms with Crippen molar-refractivity contribution in [2.75, 3.05) is 43.4 Å². The van der Waals surface area contributed by atoms with Crippen LogP contribution in [0.3, 0.4) is 0 Å². The molecule has 4 aromatic rings. The number of fused-ring (bicyclic) bond motifs is 3. The smallest absolute Gasteiger partial charge is 0.319 e. The minimum absolute atomic E-state index is 0.0974. The Bertz CT molecular complexity index is 2090. The number of carbonyl (C=O) groups is 1. The van der Waals surface area contributed by atoms with E-state index in [9.17, 15) is 24.1 Å². The highest BCUT2D eigenvalue weighted by atomic mass is 32.1. The zero-order valence-corrected chi connectivity index (χ0v) is 28.2. The van der Waals surface area contributed by atoms with E-state index >= 15 is 0 Å². The van der Waals surface area contributed by atoms with E-state index in [1.165, 1.54) is 12.1 Å². The molecule has 10 nitrogen and oxygen atoms in total. The zero-order valence-electron chi connectivity index (χ0n) is 27.4. The van der Waals surface area contributed by atoms with Crippen molar-refractivity contribution in [3.8, 4) is 29.3 Å². The fourth-order valence-corrected chi connectivity index (χ4v) is 9.17. The quantitative estimate of drug-likeness (QED) is 0.224.